The fraction of sp³-hybridized carbons (Fsp3) is 0.300. The van der Waals surface area contributed by atoms with Crippen molar-refractivity contribution >= 4 is 46.5 Å². The number of amides is 2. The van der Waals surface area contributed by atoms with Crippen LogP contribution in [0.5, 0.6) is 0 Å². The molecule has 2 amide bonds. The lowest BCUT2D eigenvalue weighted by molar-refractivity contribution is -0.142. The minimum Gasteiger partial charge on any atom is -0.457 e. The van der Waals surface area contributed by atoms with E-state index in [0.717, 1.165) is 4.88 Å². The molecule has 0 fully saturated rings. The van der Waals surface area contributed by atoms with Gasteiger partial charge in [0.1, 0.15) is 0 Å². The molecule has 1 heterocycles. The van der Waals surface area contributed by atoms with Gasteiger partial charge in [-0.15, -0.1) is 11.3 Å². The molecule has 1 aromatic carbocycles. The second-order valence-corrected chi connectivity index (χ2v) is 7.70. The summed E-state index contributed by atoms with van der Waals surface area (Å²) in [6, 6.07) is 9.86. The number of carbonyl (C=O) groups is 4. The van der Waals surface area contributed by atoms with Crippen molar-refractivity contribution < 1.29 is 23.9 Å². The van der Waals surface area contributed by atoms with Crippen molar-refractivity contribution in [3.63, 3.8) is 0 Å². The molecule has 2 aromatic rings. The molecule has 0 radical (unpaired) electrons. The maximum absolute atomic E-state index is 12.1. The smallest absolute Gasteiger partial charge is 0.308 e. The number of ether oxygens (including phenoxy) is 1. The van der Waals surface area contributed by atoms with E-state index in [1.807, 2.05) is 6.07 Å². The Morgan fingerprint density at radius 3 is 2.41 bits per heavy atom. The van der Waals surface area contributed by atoms with Gasteiger partial charge in [-0.2, -0.15) is 0 Å². The predicted molar refractivity (Wildman–Crippen MR) is 110 cm³/mol. The third-order valence-electron chi connectivity index (χ3n) is 3.77. The Balaban J connectivity index is 1.67. The van der Waals surface area contributed by atoms with Crippen molar-refractivity contribution in [1.29, 1.82) is 0 Å². The largest absolute Gasteiger partial charge is 0.457 e. The highest BCUT2D eigenvalue weighted by Crippen LogP contribution is 2.17. The topological polar surface area (TPSA) is 102 Å². The van der Waals surface area contributed by atoms with E-state index in [-0.39, 0.29) is 37.2 Å². The van der Waals surface area contributed by atoms with Crippen molar-refractivity contribution in [2.24, 2.45) is 0 Å². The van der Waals surface area contributed by atoms with Gasteiger partial charge in [0.15, 0.2) is 6.61 Å². The molecule has 2 rings (SSSR count). The van der Waals surface area contributed by atoms with E-state index in [4.69, 9.17) is 16.3 Å². The fourth-order valence-corrected chi connectivity index (χ4v) is 3.35. The summed E-state index contributed by atoms with van der Waals surface area (Å²) in [4.78, 5) is 48.1. The molecule has 0 unspecified atom stereocenters. The maximum Gasteiger partial charge on any atom is 0.308 e. The number of thiophene rings is 1. The van der Waals surface area contributed by atoms with Crippen LogP contribution in [0, 0.1) is 0 Å². The summed E-state index contributed by atoms with van der Waals surface area (Å²) in [5.41, 5.74) is 0.435. The summed E-state index contributed by atoms with van der Waals surface area (Å²) in [6.45, 7) is 1.69. The zero-order valence-corrected chi connectivity index (χ0v) is 17.4. The minimum atomic E-state index is -0.572. The van der Waals surface area contributed by atoms with Gasteiger partial charge in [0.05, 0.1) is 11.3 Å². The van der Waals surface area contributed by atoms with Crippen LogP contribution in [0.3, 0.4) is 0 Å². The second-order valence-electron chi connectivity index (χ2n) is 6.10. The number of benzene rings is 1. The third kappa shape index (κ3) is 8.05. The van der Waals surface area contributed by atoms with Crippen LogP contribution in [0.15, 0.2) is 36.4 Å². The second kappa shape index (κ2) is 11.3. The molecule has 7 nitrogen and oxygen atoms in total. The zero-order chi connectivity index (χ0) is 21.2. The average molecular weight is 437 g/mol. The molecule has 154 valence electrons. The molecule has 0 spiro atoms. The summed E-state index contributed by atoms with van der Waals surface area (Å²) in [5.74, 6) is -1.29. The van der Waals surface area contributed by atoms with Crippen molar-refractivity contribution in [2.75, 3.05) is 19.7 Å². The molecule has 0 saturated heterocycles. The molecule has 1 aromatic heterocycles. The Morgan fingerprint density at radius 2 is 1.72 bits per heavy atom. The number of rotatable bonds is 10. The summed E-state index contributed by atoms with van der Waals surface area (Å²) < 4.78 is 4.98. The molecule has 0 aliphatic carbocycles. The van der Waals surface area contributed by atoms with E-state index >= 15 is 0 Å². The molecule has 2 N–H and O–H groups in total. The molecule has 0 atom stereocenters. The normalized spacial score (nSPS) is 10.3. The zero-order valence-electron chi connectivity index (χ0n) is 15.8. The Labute approximate surface area is 177 Å². The Hall–Kier alpha value is -2.71. The fourth-order valence-electron chi connectivity index (χ4n) is 2.29. The number of carbonyl (C=O) groups excluding carboxylic acids is 4. The summed E-state index contributed by atoms with van der Waals surface area (Å²) >= 11 is 7.07. The van der Waals surface area contributed by atoms with E-state index in [0.29, 0.717) is 28.4 Å². The number of halogens is 1. The quantitative estimate of drug-likeness (QED) is 0.440. The first-order valence-corrected chi connectivity index (χ1v) is 10.1. The average Bonchev–Trinajstić information content (AvgIpc) is 3.15. The van der Waals surface area contributed by atoms with Crippen LogP contribution >= 0.6 is 22.9 Å². The number of ketones is 1. The molecule has 9 heteroatoms. The number of nitrogens with one attached hydrogen (secondary N) is 2. The van der Waals surface area contributed by atoms with Gasteiger partial charge in [-0.25, -0.2) is 0 Å². The Morgan fingerprint density at radius 1 is 1.00 bits per heavy atom. The van der Waals surface area contributed by atoms with Crippen LogP contribution in [0.1, 0.15) is 38.3 Å². The number of Topliss-reactive ketones (excluding diaryl/α,β-unsaturated/α-hetero) is 1. The molecular weight excluding hydrogens is 416 g/mol. The van der Waals surface area contributed by atoms with Gasteiger partial charge in [0.2, 0.25) is 11.7 Å². The standard InChI is InChI=1S/C20H21ClN2O5S/c1-13(24)22-10-8-16-6-7-18(29-16)17(25)12-28-19(26)9-11-23-20(27)14-2-4-15(21)5-3-14/h2-7H,8-12H2,1H3,(H,22,24)(H,23,27). The van der Waals surface area contributed by atoms with E-state index in [1.54, 1.807) is 30.3 Å². The van der Waals surface area contributed by atoms with Crippen LogP contribution in [-0.4, -0.2) is 43.3 Å². The molecule has 0 aliphatic heterocycles. The van der Waals surface area contributed by atoms with Crippen LogP contribution in [0.4, 0.5) is 0 Å². The van der Waals surface area contributed by atoms with Gasteiger partial charge in [-0.3, -0.25) is 19.2 Å². The SMILES string of the molecule is CC(=O)NCCc1ccc(C(=O)COC(=O)CCNC(=O)c2ccc(Cl)cc2)s1. The highest BCUT2D eigenvalue weighted by molar-refractivity contribution is 7.14. The maximum atomic E-state index is 12.1. The molecule has 29 heavy (non-hydrogen) atoms. The summed E-state index contributed by atoms with van der Waals surface area (Å²) in [7, 11) is 0. The number of hydrogen-bond acceptors (Lipinski definition) is 6. The predicted octanol–water partition coefficient (Wildman–Crippen LogP) is 2.63. The number of esters is 1. The highest BCUT2D eigenvalue weighted by atomic mass is 35.5. The van der Waals surface area contributed by atoms with Gasteiger partial charge in [0.25, 0.3) is 5.91 Å². The molecule has 0 bridgehead atoms. The molecule has 0 saturated carbocycles. The molecule has 0 aliphatic rings. The van der Waals surface area contributed by atoms with Crippen molar-refractivity contribution in [3.8, 4) is 0 Å². The first-order chi connectivity index (χ1) is 13.8. The summed E-state index contributed by atoms with van der Waals surface area (Å²) in [6.07, 6.45) is 0.587. The van der Waals surface area contributed by atoms with E-state index in [2.05, 4.69) is 10.6 Å². The van der Waals surface area contributed by atoms with E-state index in [1.165, 1.54) is 18.3 Å². The number of hydrogen-bond donors (Lipinski definition) is 2. The Kier molecular flexibility index (Phi) is 8.82. The van der Waals surface area contributed by atoms with Gasteiger partial charge < -0.3 is 15.4 Å². The van der Waals surface area contributed by atoms with Gasteiger partial charge in [0, 0.05) is 35.5 Å². The Bertz CT molecular complexity index is 879. The van der Waals surface area contributed by atoms with Crippen LogP contribution in [0.2, 0.25) is 5.02 Å². The lowest BCUT2D eigenvalue weighted by Crippen LogP contribution is -2.27. The monoisotopic (exact) mass is 436 g/mol. The van der Waals surface area contributed by atoms with Crippen LogP contribution in [-0.2, 0) is 20.7 Å². The third-order valence-corrected chi connectivity index (χ3v) is 5.21. The van der Waals surface area contributed by atoms with Crippen molar-refractivity contribution in [3.05, 3.63) is 56.7 Å². The molecular formula is C20H21ClN2O5S. The minimum absolute atomic E-state index is 0.0426. The van der Waals surface area contributed by atoms with E-state index in [9.17, 15) is 19.2 Å². The van der Waals surface area contributed by atoms with Gasteiger partial charge in [-0.1, -0.05) is 11.6 Å². The first-order valence-electron chi connectivity index (χ1n) is 8.91. The lowest BCUT2D eigenvalue weighted by Gasteiger charge is -2.06. The lowest BCUT2D eigenvalue weighted by atomic mass is 10.2. The highest BCUT2D eigenvalue weighted by Gasteiger charge is 2.13. The van der Waals surface area contributed by atoms with E-state index < -0.39 is 5.97 Å². The van der Waals surface area contributed by atoms with Gasteiger partial charge in [-0.05, 0) is 42.8 Å². The van der Waals surface area contributed by atoms with Crippen molar-refractivity contribution in [2.45, 2.75) is 19.8 Å². The summed E-state index contributed by atoms with van der Waals surface area (Å²) in [5, 5.41) is 5.82. The van der Waals surface area contributed by atoms with Crippen molar-refractivity contribution in [1.82, 2.24) is 10.6 Å². The van der Waals surface area contributed by atoms with Crippen LogP contribution in [0.25, 0.3) is 0 Å². The first kappa shape index (κ1) is 22.6. The van der Waals surface area contributed by atoms with Crippen LogP contribution < -0.4 is 10.6 Å². The van der Waals surface area contributed by atoms with Gasteiger partial charge >= 0.3 is 5.97 Å².